The van der Waals surface area contributed by atoms with Crippen molar-refractivity contribution in [3.63, 3.8) is 0 Å². The summed E-state index contributed by atoms with van der Waals surface area (Å²) in [6.45, 7) is 0. The van der Waals surface area contributed by atoms with Crippen LogP contribution in [-0.2, 0) is 4.79 Å². The SMILES string of the molecule is O=C(O)C1(C2CCCC2)NC=CN=C1C1CCCC1. The van der Waals surface area contributed by atoms with Gasteiger partial charge in [0.2, 0.25) is 0 Å². The Kier molecular flexibility index (Phi) is 3.33. The number of nitrogens with zero attached hydrogens (tertiary/aromatic N) is 1. The lowest BCUT2D eigenvalue weighted by Crippen LogP contribution is -2.63. The monoisotopic (exact) mass is 262 g/mol. The summed E-state index contributed by atoms with van der Waals surface area (Å²) < 4.78 is 0. The average molecular weight is 262 g/mol. The molecule has 1 atom stereocenters. The highest BCUT2D eigenvalue weighted by Gasteiger charge is 2.53. The zero-order chi connectivity index (χ0) is 13.3. The molecule has 2 aliphatic carbocycles. The highest BCUT2D eigenvalue weighted by atomic mass is 16.4. The Morgan fingerprint density at radius 2 is 1.84 bits per heavy atom. The highest BCUT2D eigenvalue weighted by Crippen LogP contribution is 2.41. The van der Waals surface area contributed by atoms with Gasteiger partial charge in [0.05, 0.1) is 5.71 Å². The van der Waals surface area contributed by atoms with Crippen LogP contribution in [0.4, 0.5) is 0 Å². The van der Waals surface area contributed by atoms with Crippen molar-refractivity contribution >= 4 is 11.7 Å². The van der Waals surface area contributed by atoms with Crippen LogP contribution in [0.2, 0.25) is 0 Å². The van der Waals surface area contributed by atoms with Crippen LogP contribution in [-0.4, -0.2) is 22.3 Å². The Balaban J connectivity index is 1.98. The Hall–Kier alpha value is -1.32. The molecule has 3 aliphatic rings. The van der Waals surface area contributed by atoms with E-state index in [1.807, 2.05) is 0 Å². The first kappa shape index (κ1) is 12.7. The molecule has 4 heteroatoms. The molecule has 1 unspecified atom stereocenters. The molecule has 3 rings (SSSR count). The number of hydrogen-bond donors (Lipinski definition) is 2. The van der Waals surface area contributed by atoms with E-state index in [0.717, 1.165) is 44.2 Å². The molecule has 0 aromatic rings. The number of rotatable bonds is 3. The fourth-order valence-corrected chi connectivity index (χ4v) is 4.12. The van der Waals surface area contributed by atoms with E-state index < -0.39 is 11.5 Å². The van der Waals surface area contributed by atoms with Gasteiger partial charge in [-0.15, -0.1) is 0 Å². The maximum Gasteiger partial charge on any atom is 0.335 e. The van der Waals surface area contributed by atoms with Gasteiger partial charge in [0.15, 0.2) is 5.54 Å². The van der Waals surface area contributed by atoms with Gasteiger partial charge in [-0.25, -0.2) is 4.79 Å². The average Bonchev–Trinajstić information content (AvgIpc) is 3.11. The van der Waals surface area contributed by atoms with E-state index in [1.165, 1.54) is 12.8 Å². The summed E-state index contributed by atoms with van der Waals surface area (Å²) in [5, 5.41) is 13.1. The predicted octanol–water partition coefficient (Wildman–Crippen LogP) is 2.71. The Morgan fingerprint density at radius 3 is 2.47 bits per heavy atom. The quantitative estimate of drug-likeness (QED) is 0.822. The van der Waals surface area contributed by atoms with Crippen LogP contribution in [0.1, 0.15) is 51.4 Å². The summed E-state index contributed by atoms with van der Waals surface area (Å²) in [6, 6.07) is 0. The molecule has 0 spiro atoms. The van der Waals surface area contributed by atoms with E-state index >= 15 is 0 Å². The molecular formula is C15H22N2O2. The maximum absolute atomic E-state index is 12.1. The van der Waals surface area contributed by atoms with Crippen LogP contribution in [0.3, 0.4) is 0 Å². The Morgan fingerprint density at radius 1 is 1.21 bits per heavy atom. The molecule has 1 aliphatic heterocycles. The lowest BCUT2D eigenvalue weighted by molar-refractivity contribution is -0.143. The third-order valence-corrected chi connectivity index (χ3v) is 5.05. The molecule has 2 saturated carbocycles. The van der Waals surface area contributed by atoms with Crippen LogP contribution in [0.5, 0.6) is 0 Å². The molecule has 4 nitrogen and oxygen atoms in total. The molecule has 0 amide bonds. The third-order valence-electron chi connectivity index (χ3n) is 5.05. The molecule has 0 aromatic heterocycles. The van der Waals surface area contributed by atoms with Crippen molar-refractivity contribution in [2.45, 2.75) is 56.9 Å². The van der Waals surface area contributed by atoms with Crippen LogP contribution < -0.4 is 5.32 Å². The molecule has 0 bridgehead atoms. The van der Waals surface area contributed by atoms with Crippen molar-refractivity contribution < 1.29 is 9.90 Å². The zero-order valence-corrected chi connectivity index (χ0v) is 11.3. The van der Waals surface area contributed by atoms with E-state index in [-0.39, 0.29) is 5.92 Å². The maximum atomic E-state index is 12.1. The fourth-order valence-electron chi connectivity index (χ4n) is 4.12. The second-order valence-corrected chi connectivity index (χ2v) is 6.05. The second kappa shape index (κ2) is 4.99. The first-order chi connectivity index (χ1) is 9.25. The molecule has 0 aromatic carbocycles. The number of carboxylic acid groups (broad SMARTS) is 1. The third kappa shape index (κ3) is 1.97. The summed E-state index contributed by atoms with van der Waals surface area (Å²) in [5.74, 6) is -0.196. The van der Waals surface area contributed by atoms with Crippen LogP contribution >= 0.6 is 0 Å². The largest absolute Gasteiger partial charge is 0.479 e. The van der Waals surface area contributed by atoms with Crippen LogP contribution in [0.25, 0.3) is 0 Å². The highest BCUT2D eigenvalue weighted by molar-refractivity contribution is 6.13. The van der Waals surface area contributed by atoms with Crippen LogP contribution in [0.15, 0.2) is 17.4 Å². The fraction of sp³-hybridized carbons (Fsp3) is 0.733. The van der Waals surface area contributed by atoms with E-state index in [9.17, 15) is 9.90 Å². The number of nitrogens with one attached hydrogen (secondary N) is 1. The first-order valence-corrected chi connectivity index (χ1v) is 7.49. The van der Waals surface area contributed by atoms with Gasteiger partial charge >= 0.3 is 5.97 Å². The normalized spacial score (nSPS) is 32.3. The van der Waals surface area contributed by atoms with Gasteiger partial charge in [0.1, 0.15) is 0 Å². The Bertz CT molecular complexity index is 418. The van der Waals surface area contributed by atoms with Crippen molar-refractivity contribution in [3.8, 4) is 0 Å². The van der Waals surface area contributed by atoms with Crippen molar-refractivity contribution in [2.75, 3.05) is 0 Å². The lowest BCUT2D eigenvalue weighted by atomic mass is 9.73. The number of aliphatic carboxylic acids is 1. The topological polar surface area (TPSA) is 61.7 Å². The minimum absolute atomic E-state index is 0.189. The number of hydrogen-bond acceptors (Lipinski definition) is 3. The summed E-state index contributed by atoms with van der Waals surface area (Å²) >= 11 is 0. The van der Waals surface area contributed by atoms with Gasteiger partial charge in [-0.3, -0.25) is 4.99 Å². The summed E-state index contributed by atoms with van der Waals surface area (Å²) in [4.78, 5) is 16.6. The second-order valence-electron chi connectivity index (χ2n) is 6.05. The van der Waals surface area contributed by atoms with E-state index in [2.05, 4.69) is 10.3 Å². The van der Waals surface area contributed by atoms with Gasteiger partial charge in [0, 0.05) is 18.3 Å². The molecule has 1 heterocycles. The predicted molar refractivity (Wildman–Crippen MR) is 74.0 cm³/mol. The van der Waals surface area contributed by atoms with Gasteiger partial charge < -0.3 is 10.4 Å². The number of aliphatic imine (C=N–C) groups is 1. The molecule has 0 saturated heterocycles. The standard InChI is InChI=1S/C15H22N2O2/c18-14(19)15(12-7-3-4-8-12)13(16-9-10-17-15)11-5-1-2-6-11/h9-12,17H,1-8H2,(H,18,19). The number of carboxylic acids is 1. The van der Waals surface area contributed by atoms with E-state index in [0.29, 0.717) is 5.92 Å². The van der Waals surface area contributed by atoms with Gasteiger partial charge in [-0.1, -0.05) is 25.7 Å². The summed E-state index contributed by atoms with van der Waals surface area (Å²) in [5.41, 5.74) is -0.0350. The molecule has 104 valence electrons. The molecule has 19 heavy (non-hydrogen) atoms. The van der Waals surface area contributed by atoms with E-state index in [4.69, 9.17) is 0 Å². The lowest BCUT2D eigenvalue weighted by Gasteiger charge is -2.40. The van der Waals surface area contributed by atoms with Gasteiger partial charge in [-0.05, 0) is 31.6 Å². The van der Waals surface area contributed by atoms with Crippen molar-refractivity contribution in [1.29, 1.82) is 0 Å². The van der Waals surface area contributed by atoms with Crippen molar-refractivity contribution in [2.24, 2.45) is 16.8 Å². The minimum Gasteiger partial charge on any atom is -0.479 e. The Labute approximate surface area is 114 Å². The van der Waals surface area contributed by atoms with E-state index in [1.54, 1.807) is 12.4 Å². The van der Waals surface area contributed by atoms with Gasteiger partial charge in [0.25, 0.3) is 0 Å². The minimum atomic E-state index is -0.930. The summed E-state index contributed by atoms with van der Waals surface area (Å²) in [7, 11) is 0. The first-order valence-electron chi connectivity index (χ1n) is 7.49. The number of carbonyl (C=O) groups is 1. The van der Waals surface area contributed by atoms with Crippen LogP contribution in [0, 0.1) is 11.8 Å². The smallest absolute Gasteiger partial charge is 0.335 e. The van der Waals surface area contributed by atoms with Gasteiger partial charge in [-0.2, -0.15) is 0 Å². The molecular weight excluding hydrogens is 240 g/mol. The molecule has 2 N–H and O–H groups in total. The van der Waals surface area contributed by atoms with Crippen molar-refractivity contribution in [1.82, 2.24) is 5.32 Å². The summed E-state index contributed by atoms with van der Waals surface area (Å²) in [6.07, 6.45) is 12.3. The molecule has 2 fully saturated rings. The molecule has 0 radical (unpaired) electrons. The van der Waals surface area contributed by atoms with Crippen molar-refractivity contribution in [3.05, 3.63) is 12.4 Å². The zero-order valence-electron chi connectivity index (χ0n) is 11.3.